The third-order valence-electron chi connectivity index (χ3n) is 4.77. The molecule has 6 heteroatoms. The topological polar surface area (TPSA) is 49.9 Å². The summed E-state index contributed by atoms with van der Waals surface area (Å²) in [6.45, 7) is 5.83. The van der Waals surface area contributed by atoms with Gasteiger partial charge < -0.3 is 9.64 Å². The summed E-state index contributed by atoms with van der Waals surface area (Å²) in [5.41, 5.74) is 0.841. The molecule has 0 bridgehead atoms. The minimum Gasteiger partial charge on any atom is -0.479 e. The zero-order valence-electron chi connectivity index (χ0n) is 13.6. The predicted molar refractivity (Wildman–Crippen MR) is 90.6 cm³/mol. The summed E-state index contributed by atoms with van der Waals surface area (Å²) in [6.07, 6.45) is 8.24. The molecule has 2 amide bonds. The number of benzene rings is 1. The third kappa shape index (κ3) is 2.09. The van der Waals surface area contributed by atoms with Crippen LogP contribution in [-0.4, -0.2) is 24.0 Å². The SMILES string of the molecule is C#CCN1C(=C)C2(CC2)Oc2cc(F)c(N3C(=O)C=C(C)C3=O)cc21. The largest absolute Gasteiger partial charge is 0.479 e. The van der Waals surface area contributed by atoms with Gasteiger partial charge in [0.15, 0.2) is 5.82 Å². The Morgan fingerprint density at radius 3 is 2.64 bits per heavy atom. The predicted octanol–water partition coefficient (Wildman–Crippen LogP) is 2.52. The first-order valence-electron chi connectivity index (χ1n) is 7.87. The Morgan fingerprint density at radius 1 is 1.36 bits per heavy atom. The number of nitrogens with zero attached hydrogens (tertiary/aromatic N) is 2. The lowest BCUT2D eigenvalue weighted by atomic mass is 10.1. The van der Waals surface area contributed by atoms with Crippen molar-refractivity contribution in [2.24, 2.45) is 0 Å². The number of halogens is 1. The highest BCUT2D eigenvalue weighted by Crippen LogP contribution is 2.54. The lowest BCUT2D eigenvalue weighted by Gasteiger charge is -2.38. The Kier molecular flexibility index (Phi) is 3.07. The smallest absolute Gasteiger partial charge is 0.261 e. The number of amides is 2. The van der Waals surface area contributed by atoms with Crippen molar-refractivity contribution in [3.05, 3.63) is 41.9 Å². The Hall–Kier alpha value is -3.07. The van der Waals surface area contributed by atoms with Crippen molar-refractivity contribution in [1.29, 1.82) is 0 Å². The van der Waals surface area contributed by atoms with Gasteiger partial charge in [-0.25, -0.2) is 9.29 Å². The third-order valence-corrected chi connectivity index (χ3v) is 4.77. The second kappa shape index (κ2) is 4.96. The number of ether oxygens (including phenoxy) is 1. The van der Waals surface area contributed by atoms with Gasteiger partial charge >= 0.3 is 0 Å². The van der Waals surface area contributed by atoms with Gasteiger partial charge in [-0.2, -0.15) is 0 Å². The zero-order valence-corrected chi connectivity index (χ0v) is 13.6. The fourth-order valence-electron chi connectivity index (χ4n) is 3.25. The molecule has 1 spiro atoms. The summed E-state index contributed by atoms with van der Waals surface area (Å²) >= 11 is 0. The Bertz CT molecular complexity index is 921. The van der Waals surface area contributed by atoms with E-state index in [0.29, 0.717) is 17.1 Å². The fourth-order valence-corrected chi connectivity index (χ4v) is 3.25. The normalized spacial score (nSPS) is 20.4. The van der Waals surface area contributed by atoms with Crippen LogP contribution in [0.2, 0.25) is 0 Å². The van der Waals surface area contributed by atoms with Gasteiger partial charge in [0.25, 0.3) is 11.8 Å². The number of terminal acetylenes is 1. The number of fused-ring (bicyclic) bond motifs is 1. The van der Waals surface area contributed by atoms with Crippen molar-refractivity contribution in [3.8, 4) is 18.1 Å². The van der Waals surface area contributed by atoms with E-state index in [2.05, 4.69) is 12.5 Å². The quantitative estimate of drug-likeness (QED) is 0.614. The van der Waals surface area contributed by atoms with E-state index in [1.807, 2.05) is 0 Å². The van der Waals surface area contributed by atoms with Gasteiger partial charge in [-0.05, 0) is 25.8 Å². The van der Waals surface area contributed by atoms with Crippen molar-refractivity contribution in [2.75, 3.05) is 16.3 Å². The summed E-state index contributed by atoms with van der Waals surface area (Å²) in [5, 5.41) is 0. The van der Waals surface area contributed by atoms with Crippen LogP contribution in [0.15, 0.2) is 36.1 Å². The van der Waals surface area contributed by atoms with Crippen molar-refractivity contribution in [3.63, 3.8) is 0 Å². The molecule has 1 fully saturated rings. The van der Waals surface area contributed by atoms with Crippen molar-refractivity contribution >= 4 is 23.2 Å². The standard InChI is InChI=1S/C19H15FN2O3/c1-4-7-21-12(3)19(5-6-19)25-16-9-13(20)14(10-15(16)21)22-17(23)8-11(2)18(22)24/h1,8-10H,3,5-7H2,2H3. The monoisotopic (exact) mass is 338 g/mol. The lowest BCUT2D eigenvalue weighted by Crippen LogP contribution is -2.39. The fraction of sp³-hybridized carbons (Fsp3) is 0.263. The lowest BCUT2D eigenvalue weighted by molar-refractivity contribution is -0.120. The molecular weight excluding hydrogens is 323 g/mol. The Labute approximate surface area is 144 Å². The number of hydrogen-bond acceptors (Lipinski definition) is 4. The molecule has 126 valence electrons. The highest BCUT2D eigenvalue weighted by molar-refractivity contribution is 6.30. The number of imide groups is 1. The molecule has 25 heavy (non-hydrogen) atoms. The molecule has 1 aliphatic carbocycles. The van der Waals surface area contributed by atoms with E-state index in [-0.39, 0.29) is 17.8 Å². The molecule has 4 rings (SSSR count). The molecule has 2 heterocycles. The maximum Gasteiger partial charge on any atom is 0.261 e. The van der Waals surface area contributed by atoms with Crippen LogP contribution in [0.5, 0.6) is 5.75 Å². The first-order valence-corrected chi connectivity index (χ1v) is 7.87. The number of hydrogen-bond donors (Lipinski definition) is 0. The maximum atomic E-state index is 14.7. The van der Waals surface area contributed by atoms with Crippen molar-refractivity contribution < 1.29 is 18.7 Å². The molecule has 5 nitrogen and oxygen atoms in total. The molecule has 2 aliphatic heterocycles. The van der Waals surface area contributed by atoms with E-state index in [4.69, 9.17) is 11.2 Å². The Morgan fingerprint density at radius 2 is 2.08 bits per heavy atom. The van der Waals surface area contributed by atoms with E-state index < -0.39 is 23.2 Å². The molecule has 1 aromatic rings. The van der Waals surface area contributed by atoms with Crippen LogP contribution in [-0.2, 0) is 9.59 Å². The van der Waals surface area contributed by atoms with Crippen molar-refractivity contribution in [2.45, 2.75) is 25.4 Å². The Balaban J connectivity index is 1.84. The molecule has 0 radical (unpaired) electrons. The molecule has 0 unspecified atom stereocenters. The minimum absolute atomic E-state index is 0.119. The van der Waals surface area contributed by atoms with Crippen LogP contribution < -0.4 is 14.5 Å². The van der Waals surface area contributed by atoms with Gasteiger partial charge in [-0.3, -0.25) is 9.59 Å². The van der Waals surface area contributed by atoms with Crippen LogP contribution in [0, 0.1) is 18.2 Å². The van der Waals surface area contributed by atoms with Gasteiger partial charge in [-0.15, -0.1) is 6.42 Å². The average Bonchev–Trinajstić information content (AvgIpc) is 3.28. The molecule has 0 atom stereocenters. The van der Waals surface area contributed by atoms with Gasteiger partial charge in [0.2, 0.25) is 0 Å². The molecule has 0 aromatic heterocycles. The summed E-state index contributed by atoms with van der Waals surface area (Å²) in [6, 6.07) is 2.62. The number of carbonyl (C=O) groups is 2. The van der Waals surface area contributed by atoms with Gasteiger partial charge in [0, 0.05) is 17.7 Å². The molecule has 0 saturated heterocycles. The summed E-state index contributed by atoms with van der Waals surface area (Å²) < 4.78 is 20.6. The van der Waals surface area contributed by atoms with Crippen LogP contribution in [0.3, 0.4) is 0 Å². The summed E-state index contributed by atoms with van der Waals surface area (Å²) in [5.74, 6) is 1.09. The van der Waals surface area contributed by atoms with Gasteiger partial charge in [0.1, 0.15) is 11.4 Å². The number of carbonyl (C=O) groups excluding carboxylic acids is 2. The van der Waals surface area contributed by atoms with Crippen LogP contribution >= 0.6 is 0 Å². The molecule has 0 N–H and O–H groups in total. The van der Waals surface area contributed by atoms with E-state index in [9.17, 15) is 14.0 Å². The molecule has 1 aromatic carbocycles. The molecule has 1 saturated carbocycles. The average molecular weight is 338 g/mol. The zero-order chi connectivity index (χ0) is 17.9. The van der Waals surface area contributed by atoms with Crippen LogP contribution in [0.4, 0.5) is 15.8 Å². The first-order chi connectivity index (χ1) is 11.9. The maximum absolute atomic E-state index is 14.7. The highest BCUT2D eigenvalue weighted by Gasteiger charge is 2.53. The second-order valence-electron chi connectivity index (χ2n) is 6.41. The number of anilines is 2. The van der Waals surface area contributed by atoms with E-state index in [0.717, 1.165) is 17.7 Å². The second-order valence-corrected chi connectivity index (χ2v) is 6.41. The highest BCUT2D eigenvalue weighted by atomic mass is 19.1. The summed E-state index contributed by atoms with van der Waals surface area (Å²) in [7, 11) is 0. The molecular formula is C19H15FN2O3. The van der Waals surface area contributed by atoms with E-state index in [1.54, 1.807) is 4.90 Å². The van der Waals surface area contributed by atoms with Crippen LogP contribution in [0.1, 0.15) is 19.8 Å². The minimum atomic E-state index is -0.701. The van der Waals surface area contributed by atoms with E-state index >= 15 is 0 Å². The van der Waals surface area contributed by atoms with Crippen molar-refractivity contribution in [1.82, 2.24) is 0 Å². The van der Waals surface area contributed by atoms with Crippen LogP contribution in [0.25, 0.3) is 0 Å². The number of rotatable bonds is 2. The summed E-state index contributed by atoms with van der Waals surface area (Å²) in [4.78, 5) is 26.9. The van der Waals surface area contributed by atoms with E-state index in [1.165, 1.54) is 25.1 Å². The first kappa shape index (κ1) is 15.5. The van der Waals surface area contributed by atoms with Gasteiger partial charge in [0.05, 0.1) is 23.6 Å². The van der Waals surface area contributed by atoms with Gasteiger partial charge in [-0.1, -0.05) is 12.5 Å². The molecule has 3 aliphatic rings.